The number of benzene rings is 1. The first-order chi connectivity index (χ1) is 11.4. The van der Waals surface area contributed by atoms with Crippen LogP contribution in [0.2, 0.25) is 0 Å². The van der Waals surface area contributed by atoms with Gasteiger partial charge in [-0.3, -0.25) is 19.7 Å². The van der Waals surface area contributed by atoms with Crippen molar-refractivity contribution in [3.63, 3.8) is 0 Å². The quantitative estimate of drug-likeness (QED) is 0.608. The SMILES string of the molecule is O=C(NCC1(C(=O)O)CC1)c1ccc(-n2ccnc2)c([N+](=O)[O-])c1. The van der Waals surface area contributed by atoms with E-state index in [0.29, 0.717) is 18.5 Å². The van der Waals surface area contributed by atoms with Gasteiger partial charge in [-0.1, -0.05) is 0 Å². The highest BCUT2D eigenvalue weighted by atomic mass is 16.6. The summed E-state index contributed by atoms with van der Waals surface area (Å²) in [6.45, 7) is 0.0121. The Morgan fingerprint density at radius 3 is 2.71 bits per heavy atom. The van der Waals surface area contributed by atoms with Gasteiger partial charge in [-0.2, -0.15) is 0 Å². The third kappa shape index (κ3) is 2.83. The maximum atomic E-state index is 12.2. The molecule has 1 amide bonds. The summed E-state index contributed by atoms with van der Waals surface area (Å²) in [5.74, 6) is -1.48. The van der Waals surface area contributed by atoms with Gasteiger partial charge in [0.15, 0.2) is 0 Å². The Bertz CT molecular complexity index is 811. The van der Waals surface area contributed by atoms with Crippen molar-refractivity contribution in [1.29, 1.82) is 0 Å². The fourth-order valence-electron chi connectivity index (χ4n) is 2.40. The van der Waals surface area contributed by atoms with Gasteiger partial charge in [0, 0.05) is 30.6 Å². The topological polar surface area (TPSA) is 127 Å². The number of imidazole rings is 1. The minimum atomic E-state index is -0.941. The molecule has 2 N–H and O–H groups in total. The molecule has 1 aliphatic carbocycles. The molecule has 1 heterocycles. The highest BCUT2D eigenvalue weighted by Crippen LogP contribution is 2.45. The van der Waals surface area contributed by atoms with E-state index in [9.17, 15) is 19.7 Å². The number of carbonyl (C=O) groups is 2. The van der Waals surface area contributed by atoms with Crippen LogP contribution in [0.4, 0.5) is 5.69 Å². The summed E-state index contributed by atoms with van der Waals surface area (Å²) in [4.78, 5) is 37.8. The van der Waals surface area contributed by atoms with Crippen molar-refractivity contribution in [1.82, 2.24) is 14.9 Å². The fraction of sp³-hybridized carbons (Fsp3) is 0.267. The molecule has 0 aliphatic heterocycles. The van der Waals surface area contributed by atoms with E-state index in [1.807, 2.05) is 0 Å². The molecule has 1 aromatic heterocycles. The van der Waals surface area contributed by atoms with Gasteiger partial charge in [-0.05, 0) is 25.0 Å². The first-order valence-corrected chi connectivity index (χ1v) is 7.21. The number of carboxylic acid groups (broad SMARTS) is 1. The average Bonchev–Trinajstić information content (AvgIpc) is 3.17. The maximum Gasteiger partial charge on any atom is 0.311 e. The predicted molar refractivity (Wildman–Crippen MR) is 81.9 cm³/mol. The summed E-state index contributed by atoms with van der Waals surface area (Å²) in [7, 11) is 0. The number of nitrogens with one attached hydrogen (secondary N) is 1. The minimum Gasteiger partial charge on any atom is -0.481 e. The van der Waals surface area contributed by atoms with Crippen molar-refractivity contribution in [3.05, 3.63) is 52.6 Å². The molecule has 1 fully saturated rings. The van der Waals surface area contributed by atoms with Crippen LogP contribution in [0.1, 0.15) is 23.2 Å². The number of carbonyl (C=O) groups excluding carboxylic acids is 1. The fourth-order valence-corrected chi connectivity index (χ4v) is 2.40. The van der Waals surface area contributed by atoms with E-state index in [1.165, 1.54) is 35.3 Å². The molecule has 0 unspecified atom stereocenters. The lowest BCUT2D eigenvalue weighted by Gasteiger charge is -2.11. The van der Waals surface area contributed by atoms with Crippen molar-refractivity contribution in [2.24, 2.45) is 5.41 Å². The van der Waals surface area contributed by atoms with Crippen molar-refractivity contribution in [3.8, 4) is 5.69 Å². The number of hydrogen-bond acceptors (Lipinski definition) is 5. The van der Waals surface area contributed by atoms with Crippen molar-refractivity contribution in [2.45, 2.75) is 12.8 Å². The molecule has 1 saturated carbocycles. The van der Waals surface area contributed by atoms with Crippen LogP contribution in [0, 0.1) is 15.5 Å². The Balaban J connectivity index is 1.81. The third-order valence-electron chi connectivity index (χ3n) is 4.11. The zero-order valence-corrected chi connectivity index (χ0v) is 12.5. The van der Waals surface area contributed by atoms with Crippen molar-refractivity contribution in [2.75, 3.05) is 6.54 Å². The number of nitro benzene ring substituents is 1. The van der Waals surface area contributed by atoms with Crippen molar-refractivity contribution >= 4 is 17.6 Å². The van der Waals surface area contributed by atoms with E-state index in [2.05, 4.69) is 10.3 Å². The summed E-state index contributed by atoms with van der Waals surface area (Å²) in [5.41, 5.74) is -0.733. The molecule has 0 radical (unpaired) electrons. The van der Waals surface area contributed by atoms with Gasteiger partial charge in [0.1, 0.15) is 5.69 Å². The Morgan fingerprint density at radius 1 is 1.42 bits per heavy atom. The largest absolute Gasteiger partial charge is 0.481 e. The van der Waals surface area contributed by atoms with E-state index in [4.69, 9.17) is 5.11 Å². The number of amides is 1. The van der Waals surface area contributed by atoms with Gasteiger partial charge >= 0.3 is 5.97 Å². The molecule has 24 heavy (non-hydrogen) atoms. The normalized spacial score (nSPS) is 14.8. The van der Waals surface area contributed by atoms with Crippen LogP contribution in [0.5, 0.6) is 0 Å². The molecule has 9 nitrogen and oxygen atoms in total. The van der Waals surface area contributed by atoms with E-state index in [-0.39, 0.29) is 17.8 Å². The predicted octanol–water partition coefficient (Wildman–Crippen LogP) is 1.38. The van der Waals surface area contributed by atoms with Gasteiger partial charge in [0.2, 0.25) is 0 Å². The van der Waals surface area contributed by atoms with Crippen LogP contribution in [0.15, 0.2) is 36.9 Å². The van der Waals surface area contributed by atoms with E-state index < -0.39 is 22.2 Å². The highest BCUT2D eigenvalue weighted by molar-refractivity contribution is 5.95. The maximum absolute atomic E-state index is 12.2. The van der Waals surface area contributed by atoms with Crippen LogP contribution in [-0.4, -0.2) is 38.0 Å². The van der Waals surface area contributed by atoms with E-state index in [1.54, 1.807) is 6.20 Å². The second-order valence-corrected chi connectivity index (χ2v) is 5.70. The molecule has 0 saturated heterocycles. The standard InChI is InChI=1S/C15H14N4O5/c20-13(17-8-15(3-4-15)14(21)22)10-1-2-11(12(7-10)19(23)24)18-6-5-16-9-18/h1-2,5-7,9H,3-4,8H2,(H,17,20)(H,21,22). The highest BCUT2D eigenvalue weighted by Gasteiger charge is 2.50. The number of nitro groups is 1. The molecule has 124 valence electrons. The molecule has 0 bridgehead atoms. The van der Waals surface area contributed by atoms with Gasteiger partial charge in [0.25, 0.3) is 11.6 Å². The molecule has 2 aromatic rings. The Kier molecular flexibility index (Phi) is 3.76. The third-order valence-corrected chi connectivity index (χ3v) is 4.11. The number of nitrogens with zero attached hydrogens (tertiary/aromatic N) is 3. The summed E-state index contributed by atoms with van der Waals surface area (Å²) in [6, 6.07) is 4.09. The van der Waals surface area contributed by atoms with Crippen LogP contribution in [-0.2, 0) is 4.79 Å². The first-order valence-electron chi connectivity index (χ1n) is 7.21. The molecule has 0 atom stereocenters. The Labute approximate surface area is 136 Å². The molecule has 1 aromatic carbocycles. The van der Waals surface area contributed by atoms with Gasteiger partial charge < -0.3 is 15.0 Å². The Morgan fingerprint density at radius 2 is 2.17 bits per heavy atom. The van der Waals surface area contributed by atoms with Crippen LogP contribution in [0.3, 0.4) is 0 Å². The zero-order chi connectivity index (χ0) is 17.3. The van der Waals surface area contributed by atoms with Crippen molar-refractivity contribution < 1.29 is 19.6 Å². The smallest absolute Gasteiger partial charge is 0.311 e. The van der Waals surface area contributed by atoms with Crippen LogP contribution >= 0.6 is 0 Å². The lowest BCUT2D eigenvalue weighted by atomic mass is 10.1. The Hall–Kier alpha value is -3.23. The van der Waals surface area contributed by atoms with Gasteiger partial charge in [-0.15, -0.1) is 0 Å². The number of carboxylic acids is 1. The number of aliphatic carboxylic acids is 1. The first kappa shape index (κ1) is 15.7. The molecular weight excluding hydrogens is 316 g/mol. The molecule has 1 aliphatic rings. The molecule has 3 rings (SSSR count). The molecule has 0 spiro atoms. The summed E-state index contributed by atoms with van der Waals surface area (Å²) in [6.07, 6.45) is 5.51. The second kappa shape index (κ2) is 5.76. The monoisotopic (exact) mass is 330 g/mol. The minimum absolute atomic E-state index is 0.0121. The van der Waals surface area contributed by atoms with Crippen LogP contribution < -0.4 is 5.32 Å². The molecule has 9 heteroatoms. The lowest BCUT2D eigenvalue weighted by Crippen LogP contribution is -2.34. The zero-order valence-electron chi connectivity index (χ0n) is 12.5. The average molecular weight is 330 g/mol. The summed E-state index contributed by atoms with van der Waals surface area (Å²) >= 11 is 0. The molecular formula is C15H14N4O5. The summed E-state index contributed by atoms with van der Waals surface area (Å²) in [5, 5.41) is 22.9. The summed E-state index contributed by atoms with van der Waals surface area (Å²) < 4.78 is 1.48. The van der Waals surface area contributed by atoms with E-state index >= 15 is 0 Å². The number of aromatic nitrogens is 2. The van der Waals surface area contributed by atoms with Crippen LogP contribution in [0.25, 0.3) is 5.69 Å². The second-order valence-electron chi connectivity index (χ2n) is 5.70. The lowest BCUT2D eigenvalue weighted by molar-refractivity contribution is -0.384. The van der Waals surface area contributed by atoms with Gasteiger partial charge in [0.05, 0.1) is 16.7 Å². The number of hydrogen-bond donors (Lipinski definition) is 2. The van der Waals surface area contributed by atoms with Gasteiger partial charge in [-0.25, -0.2) is 4.98 Å². The van der Waals surface area contributed by atoms with E-state index in [0.717, 1.165) is 0 Å². The number of rotatable bonds is 6.